The minimum absolute atomic E-state index is 0.328. The molecule has 13 heavy (non-hydrogen) atoms. The van der Waals surface area contributed by atoms with Gasteiger partial charge in [0.1, 0.15) is 17.9 Å². The predicted octanol–water partition coefficient (Wildman–Crippen LogP) is 1.23. The first kappa shape index (κ1) is 8.69. The van der Waals surface area contributed by atoms with Crippen LogP contribution in [0.1, 0.15) is 50.5 Å². The average Bonchev–Trinajstić information content (AvgIpc) is 2.49. The zero-order valence-electron chi connectivity index (χ0n) is 8.06. The van der Waals surface area contributed by atoms with Crippen LogP contribution in [0.15, 0.2) is 0 Å². The van der Waals surface area contributed by atoms with Crippen molar-refractivity contribution in [1.29, 1.82) is 0 Å². The quantitative estimate of drug-likeness (QED) is 0.709. The van der Waals surface area contributed by atoms with Gasteiger partial charge in [0.25, 0.3) is 0 Å². The first-order chi connectivity index (χ1) is 6.20. The summed E-state index contributed by atoms with van der Waals surface area (Å²) >= 11 is 0. The molecule has 0 amide bonds. The van der Waals surface area contributed by atoms with E-state index < -0.39 is 6.23 Å². The van der Waals surface area contributed by atoms with Crippen LogP contribution in [0.2, 0.25) is 0 Å². The summed E-state index contributed by atoms with van der Waals surface area (Å²) < 4.78 is 1.88. The Morgan fingerprint density at radius 1 is 1.46 bits per heavy atom. The Hall–Kier alpha value is -0.900. The molecule has 0 aliphatic carbocycles. The zero-order valence-corrected chi connectivity index (χ0v) is 8.06. The molecule has 1 unspecified atom stereocenters. The van der Waals surface area contributed by atoms with Crippen LogP contribution >= 0.6 is 0 Å². The molecule has 1 aromatic rings. The molecule has 1 aliphatic rings. The molecule has 0 aromatic carbocycles. The maximum atomic E-state index is 9.76. The first-order valence-electron chi connectivity index (χ1n) is 4.82. The van der Waals surface area contributed by atoms with Crippen molar-refractivity contribution >= 4 is 0 Å². The van der Waals surface area contributed by atoms with Crippen molar-refractivity contribution in [2.45, 2.75) is 45.3 Å². The Morgan fingerprint density at radius 2 is 2.23 bits per heavy atom. The lowest BCUT2D eigenvalue weighted by Crippen LogP contribution is -2.20. The molecule has 0 spiro atoms. The van der Waals surface area contributed by atoms with Crippen LogP contribution < -0.4 is 0 Å². The van der Waals surface area contributed by atoms with Gasteiger partial charge in [-0.15, -0.1) is 10.2 Å². The zero-order chi connectivity index (χ0) is 9.42. The number of hydrogen-bond donors (Lipinski definition) is 1. The number of nitrogens with zero attached hydrogens (tertiary/aromatic N) is 3. The summed E-state index contributed by atoms with van der Waals surface area (Å²) in [6.07, 6.45) is 2.37. The van der Waals surface area contributed by atoms with E-state index in [1.165, 1.54) is 0 Å². The van der Waals surface area contributed by atoms with Crippen LogP contribution in [0, 0.1) is 0 Å². The predicted molar refractivity (Wildman–Crippen MR) is 48.3 cm³/mol. The number of aliphatic hydroxyl groups excluding tert-OH is 1. The largest absolute Gasteiger partial charge is 0.373 e. The van der Waals surface area contributed by atoms with Gasteiger partial charge >= 0.3 is 0 Å². The highest BCUT2D eigenvalue weighted by atomic mass is 16.3. The number of rotatable bonds is 1. The van der Waals surface area contributed by atoms with Crippen molar-refractivity contribution in [3.8, 4) is 0 Å². The topological polar surface area (TPSA) is 50.9 Å². The van der Waals surface area contributed by atoms with Gasteiger partial charge in [0.2, 0.25) is 0 Å². The van der Waals surface area contributed by atoms with E-state index in [1.807, 2.05) is 4.57 Å². The molecule has 0 fully saturated rings. The lowest BCUT2D eigenvalue weighted by Gasteiger charge is -2.22. The molecule has 1 atom stereocenters. The summed E-state index contributed by atoms with van der Waals surface area (Å²) in [6, 6.07) is 0. The fourth-order valence-electron chi connectivity index (χ4n) is 1.80. The van der Waals surface area contributed by atoms with Crippen LogP contribution in [0.5, 0.6) is 0 Å². The number of aliphatic hydroxyl groups is 1. The molecule has 1 aromatic heterocycles. The standard InChI is InChI=1S/C9H15N3O/c1-6(2)9-11-10-7-4-3-5-8(13)12(7)9/h6,8,13H,3-5H2,1-2H3. The van der Waals surface area contributed by atoms with E-state index in [1.54, 1.807) is 0 Å². The Labute approximate surface area is 77.6 Å². The molecule has 0 radical (unpaired) electrons. The van der Waals surface area contributed by atoms with Gasteiger partial charge in [-0.25, -0.2) is 0 Å². The normalized spacial score (nSPS) is 22.0. The van der Waals surface area contributed by atoms with Gasteiger partial charge in [0, 0.05) is 12.3 Å². The Morgan fingerprint density at radius 3 is 2.92 bits per heavy atom. The van der Waals surface area contributed by atoms with Crippen LogP contribution in [-0.2, 0) is 6.42 Å². The van der Waals surface area contributed by atoms with E-state index in [0.29, 0.717) is 5.92 Å². The van der Waals surface area contributed by atoms with Gasteiger partial charge < -0.3 is 5.11 Å². The van der Waals surface area contributed by atoms with E-state index in [2.05, 4.69) is 24.0 Å². The first-order valence-corrected chi connectivity index (χ1v) is 4.82. The molecule has 4 heteroatoms. The third-order valence-corrected chi connectivity index (χ3v) is 2.47. The summed E-state index contributed by atoms with van der Waals surface area (Å²) in [7, 11) is 0. The van der Waals surface area contributed by atoms with Crippen molar-refractivity contribution in [2.24, 2.45) is 0 Å². The molecule has 0 bridgehead atoms. The number of fused-ring (bicyclic) bond motifs is 1. The maximum Gasteiger partial charge on any atom is 0.137 e. The van der Waals surface area contributed by atoms with Gasteiger partial charge in [-0.3, -0.25) is 4.57 Å². The summed E-state index contributed by atoms with van der Waals surface area (Å²) in [6.45, 7) is 4.14. The average molecular weight is 181 g/mol. The summed E-state index contributed by atoms with van der Waals surface area (Å²) in [5.41, 5.74) is 0. The monoisotopic (exact) mass is 181 g/mol. The van der Waals surface area contributed by atoms with Crippen LogP contribution in [0.4, 0.5) is 0 Å². The number of aryl methyl sites for hydroxylation is 1. The smallest absolute Gasteiger partial charge is 0.137 e. The van der Waals surface area contributed by atoms with Crippen molar-refractivity contribution in [3.63, 3.8) is 0 Å². The highest BCUT2D eigenvalue weighted by Gasteiger charge is 2.23. The van der Waals surface area contributed by atoms with Gasteiger partial charge in [-0.2, -0.15) is 0 Å². The fraction of sp³-hybridized carbons (Fsp3) is 0.778. The lowest BCUT2D eigenvalue weighted by molar-refractivity contribution is 0.0741. The molecular weight excluding hydrogens is 166 g/mol. The Kier molecular flexibility index (Phi) is 2.07. The highest BCUT2D eigenvalue weighted by molar-refractivity contribution is 5.03. The van der Waals surface area contributed by atoms with E-state index in [0.717, 1.165) is 30.9 Å². The Balaban J connectivity index is 2.44. The molecule has 1 N–H and O–H groups in total. The summed E-state index contributed by atoms with van der Waals surface area (Å²) in [5, 5.41) is 17.9. The van der Waals surface area contributed by atoms with Gasteiger partial charge in [-0.1, -0.05) is 13.8 Å². The number of hydrogen-bond acceptors (Lipinski definition) is 3. The van der Waals surface area contributed by atoms with E-state index in [-0.39, 0.29) is 0 Å². The van der Waals surface area contributed by atoms with Crippen molar-refractivity contribution < 1.29 is 5.11 Å². The van der Waals surface area contributed by atoms with E-state index >= 15 is 0 Å². The molecule has 2 rings (SSSR count). The van der Waals surface area contributed by atoms with E-state index in [4.69, 9.17) is 0 Å². The minimum Gasteiger partial charge on any atom is -0.373 e. The SMILES string of the molecule is CC(C)c1nnc2n1C(O)CCC2. The molecular formula is C9H15N3O. The van der Waals surface area contributed by atoms with Crippen molar-refractivity contribution in [2.75, 3.05) is 0 Å². The van der Waals surface area contributed by atoms with E-state index in [9.17, 15) is 5.11 Å². The lowest BCUT2D eigenvalue weighted by atomic mass is 10.1. The molecule has 72 valence electrons. The van der Waals surface area contributed by atoms with Crippen LogP contribution in [-0.4, -0.2) is 19.9 Å². The van der Waals surface area contributed by atoms with Gasteiger partial charge in [0.05, 0.1) is 0 Å². The van der Waals surface area contributed by atoms with Crippen LogP contribution in [0.3, 0.4) is 0 Å². The second kappa shape index (κ2) is 3.10. The maximum absolute atomic E-state index is 9.76. The van der Waals surface area contributed by atoms with Crippen molar-refractivity contribution in [1.82, 2.24) is 14.8 Å². The highest BCUT2D eigenvalue weighted by Crippen LogP contribution is 2.25. The van der Waals surface area contributed by atoms with Gasteiger partial charge in [-0.05, 0) is 12.8 Å². The molecule has 1 aliphatic heterocycles. The fourth-order valence-corrected chi connectivity index (χ4v) is 1.80. The summed E-state index contributed by atoms with van der Waals surface area (Å²) in [4.78, 5) is 0. The van der Waals surface area contributed by atoms with Gasteiger partial charge in [0.15, 0.2) is 0 Å². The molecule has 0 saturated carbocycles. The van der Waals surface area contributed by atoms with Crippen molar-refractivity contribution in [3.05, 3.63) is 11.6 Å². The number of aromatic nitrogens is 3. The molecule has 4 nitrogen and oxygen atoms in total. The second-order valence-electron chi connectivity index (χ2n) is 3.87. The second-order valence-corrected chi connectivity index (χ2v) is 3.87. The molecule has 0 saturated heterocycles. The minimum atomic E-state index is -0.406. The summed E-state index contributed by atoms with van der Waals surface area (Å²) in [5.74, 6) is 2.17. The third kappa shape index (κ3) is 1.35. The Bertz CT molecular complexity index is 306. The molecule has 2 heterocycles. The van der Waals surface area contributed by atoms with Crippen LogP contribution in [0.25, 0.3) is 0 Å². The third-order valence-electron chi connectivity index (χ3n) is 2.47.